The van der Waals surface area contributed by atoms with E-state index in [4.69, 9.17) is 4.84 Å². The smallest absolute Gasteiger partial charge is 0.249 e. The third-order valence-corrected chi connectivity index (χ3v) is 6.11. The summed E-state index contributed by atoms with van der Waals surface area (Å²) in [4.78, 5) is 31.4. The van der Waals surface area contributed by atoms with Gasteiger partial charge < -0.3 is 0 Å². The molecule has 154 valence electrons. The molecule has 0 spiro atoms. The molecule has 1 aliphatic carbocycles. The molecule has 0 aromatic carbocycles. The summed E-state index contributed by atoms with van der Waals surface area (Å²) in [6, 6.07) is 1.22. The average Bonchev–Trinajstić information content (AvgIpc) is 3.22. The Kier molecular flexibility index (Phi) is 5.85. The molecule has 1 aliphatic heterocycles. The Labute approximate surface area is 170 Å². The van der Waals surface area contributed by atoms with E-state index in [0.29, 0.717) is 30.2 Å². The van der Waals surface area contributed by atoms with Crippen molar-refractivity contribution < 1.29 is 14.0 Å². The van der Waals surface area contributed by atoms with Gasteiger partial charge >= 0.3 is 0 Å². The second-order valence-corrected chi connectivity index (χ2v) is 8.20. The molecule has 2 fully saturated rings. The Hall–Kier alpha value is -2.41. The summed E-state index contributed by atoms with van der Waals surface area (Å²) in [6.45, 7) is 3.98. The third-order valence-electron chi connectivity index (χ3n) is 6.11. The van der Waals surface area contributed by atoms with E-state index in [1.807, 2.05) is 19.3 Å². The number of hydroxylamine groups is 2. The quantitative estimate of drug-likeness (QED) is 0.782. The van der Waals surface area contributed by atoms with Gasteiger partial charge in [-0.1, -0.05) is 0 Å². The molecule has 2 aromatic heterocycles. The van der Waals surface area contributed by atoms with Crippen molar-refractivity contribution in [3.63, 3.8) is 0 Å². The summed E-state index contributed by atoms with van der Waals surface area (Å²) < 4.78 is 13.9. The summed E-state index contributed by atoms with van der Waals surface area (Å²) in [5.74, 6) is 0.972. The van der Waals surface area contributed by atoms with E-state index in [-0.39, 0.29) is 23.7 Å². The number of nitrogens with zero attached hydrogens (tertiary/aromatic N) is 4. The Balaban J connectivity index is 1.36. The van der Waals surface area contributed by atoms with Gasteiger partial charge in [0.15, 0.2) is 0 Å². The van der Waals surface area contributed by atoms with E-state index < -0.39 is 0 Å². The van der Waals surface area contributed by atoms with Crippen LogP contribution in [0.25, 0.3) is 0 Å². The van der Waals surface area contributed by atoms with Crippen molar-refractivity contribution in [1.29, 1.82) is 0 Å². The van der Waals surface area contributed by atoms with Crippen molar-refractivity contribution in [2.45, 2.75) is 58.4 Å². The largest absolute Gasteiger partial charge is 0.272 e. The molecule has 4 rings (SSSR count). The maximum absolute atomic E-state index is 13.9. The van der Waals surface area contributed by atoms with E-state index in [9.17, 15) is 9.18 Å². The van der Waals surface area contributed by atoms with E-state index >= 15 is 0 Å². The fraction of sp³-hybridized carbons (Fsp3) is 0.545. The molecule has 1 atom stereocenters. The minimum absolute atomic E-state index is 0.0191. The fourth-order valence-electron chi connectivity index (χ4n) is 4.34. The minimum atomic E-state index is -0.345. The number of aryl methyl sites for hydroxylation is 2. The van der Waals surface area contributed by atoms with Crippen LogP contribution in [0.15, 0.2) is 24.7 Å². The Bertz CT molecular complexity index is 866. The summed E-state index contributed by atoms with van der Waals surface area (Å²) >= 11 is 0. The highest BCUT2D eigenvalue weighted by molar-refractivity contribution is 5.78. The number of halogens is 1. The molecule has 29 heavy (non-hydrogen) atoms. The minimum Gasteiger partial charge on any atom is -0.272 e. The van der Waals surface area contributed by atoms with Crippen LogP contribution in [0.4, 0.5) is 4.39 Å². The number of hydrogen-bond donors (Lipinski definition) is 0. The van der Waals surface area contributed by atoms with E-state index in [2.05, 4.69) is 15.0 Å². The summed E-state index contributed by atoms with van der Waals surface area (Å²) in [5.41, 5.74) is 2.22. The van der Waals surface area contributed by atoms with Crippen LogP contribution in [-0.4, -0.2) is 32.5 Å². The SMILES string of the molecule is Cc1ncc(CC2CCC(C(=O)N3OCC[C@H]3c3cnc(C)c(F)c3)CC2)cn1. The van der Waals surface area contributed by atoms with Crippen molar-refractivity contribution in [3.8, 4) is 0 Å². The molecule has 0 unspecified atom stereocenters. The molecular weight excluding hydrogens is 371 g/mol. The molecule has 0 bridgehead atoms. The van der Waals surface area contributed by atoms with Gasteiger partial charge in [-0.3, -0.25) is 14.6 Å². The first-order valence-corrected chi connectivity index (χ1v) is 10.4. The van der Waals surface area contributed by atoms with Crippen LogP contribution in [0.5, 0.6) is 0 Å². The Morgan fingerprint density at radius 2 is 1.83 bits per heavy atom. The summed E-state index contributed by atoms with van der Waals surface area (Å²) in [5, 5.41) is 1.48. The first-order chi connectivity index (χ1) is 14.0. The normalized spacial score (nSPS) is 24.7. The number of pyridine rings is 1. The third kappa shape index (κ3) is 4.45. The standard InChI is InChI=1S/C22H27FN4O2/c1-14-20(23)10-19(13-24-14)21-7-8-29-27(21)22(28)18-5-3-16(4-6-18)9-17-11-25-15(2)26-12-17/h10-13,16,18,21H,3-9H2,1-2H3/t16?,18?,21-/m0/s1. The lowest BCUT2D eigenvalue weighted by atomic mass is 9.79. The van der Waals surface area contributed by atoms with Gasteiger partial charge in [-0.2, -0.15) is 0 Å². The number of amides is 1. The predicted octanol–water partition coefficient (Wildman–Crippen LogP) is 3.88. The first-order valence-electron chi connectivity index (χ1n) is 10.4. The molecule has 0 radical (unpaired) electrons. The average molecular weight is 398 g/mol. The molecule has 7 heteroatoms. The van der Waals surface area contributed by atoms with Crippen molar-refractivity contribution >= 4 is 5.91 Å². The van der Waals surface area contributed by atoms with Crippen molar-refractivity contribution in [2.24, 2.45) is 11.8 Å². The first kappa shape index (κ1) is 19.9. The van der Waals surface area contributed by atoms with Crippen LogP contribution in [0.3, 0.4) is 0 Å². The molecular formula is C22H27FN4O2. The number of carbonyl (C=O) groups is 1. The summed E-state index contributed by atoms with van der Waals surface area (Å²) in [6.07, 6.45) is 10.8. The number of hydrogen-bond acceptors (Lipinski definition) is 5. The molecule has 1 saturated carbocycles. The van der Waals surface area contributed by atoms with Crippen molar-refractivity contribution in [3.05, 3.63) is 53.1 Å². The maximum Gasteiger partial charge on any atom is 0.249 e. The molecule has 1 amide bonds. The highest BCUT2D eigenvalue weighted by Gasteiger charge is 2.37. The topological polar surface area (TPSA) is 68.2 Å². The van der Waals surface area contributed by atoms with Gasteiger partial charge in [-0.15, -0.1) is 0 Å². The predicted molar refractivity (Wildman–Crippen MR) is 105 cm³/mol. The Morgan fingerprint density at radius 3 is 2.52 bits per heavy atom. The van der Waals surface area contributed by atoms with Crippen LogP contribution < -0.4 is 0 Å². The lowest BCUT2D eigenvalue weighted by Gasteiger charge is -2.32. The lowest BCUT2D eigenvalue weighted by molar-refractivity contribution is -0.183. The van der Waals surface area contributed by atoms with E-state index in [1.54, 1.807) is 13.1 Å². The van der Waals surface area contributed by atoms with E-state index in [0.717, 1.165) is 43.5 Å². The molecule has 1 saturated heterocycles. The van der Waals surface area contributed by atoms with Crippen LogP contribution in [0, 0.1) is 31.5 Å². The second-order valence-electron chi connectivity index (χ2n) is 8.20. The van der Waals surface area contributed by atoms with Gasteiger partial charge in [-0.05, 0) is 69.1 Å². The molecule has 2 aliphatic rings. The van der Waals surface area contributed by atoms with Crippen LogP contribution >= 0.6 is 0 Å². The van der Waals surface area contributed by atoms with Crippen molar-refractivity contribution in [1.82, 2.24) is 20.0 Å². The van der Waals surface area contributed by atoms with Crippen LogP contribution in [0.2, 0.25) is 0 Å². The second kappa shape index (κ2) is 8.53. The van der Waals surface area contributed by atoms with Gasteiger partial charge in [0, 0.05) is 30.9 Å². The number of carbonyl (C=O) groups excluding carboxylic acids is 1. The van der Waals surface area contributed by atoms with Crippen LogP contribution in [0.1, 0.15) is 60.8 Å². The van der Waals surface area contributed by atoms with Gasteiger partial charge in [0.05, 0.1) is 18.3 Å². The fourth-order valence-corrected chi connectivity index (χ4v) is 4.34. The zero-order valence-corrected chi connectivity index (χ0v) is 17.0. The summed E-state index contributed by atoms with van der Waals surface area (Å²) in [7, 11) is 0. The molecule has 0 N–H and O–H groups in total. The van der Waals surface area contributed by atoms with Crippen molar-refractivity contribution in [2.75, 3.05) is 6.61 Å². The maximum atomic E-state index is 13.9. The molecule has 2 aromatic rings. The highest BCUT2D eigenvalue weighted by atomic mass is 19.1. The lowest BCUT2D eigenvalue weighted by Crippen LogP contribution is -2.36. The van der Waals surface area contributed by atoms with Crippen LogP contribution in [-0.2, 0) is 16.1 Å². The molecule has 6 nitrogen and oxygen atoms in total. The van der Waals surface area contributed by atoms with Gasteiger partial charge in [-0.25, -0.2) is 19.4 Å². The van der Waals surface area contributed by atoms with E-state index in [1.165, 1.54) is 11.1 Å². The number of rotatable bonds is 4. The zero-order chi connectivity index (χ0) is 20.4. The molecule has 3 heterocycles. The van der Waals surface area contributed by atoms with Gasteiger partial charge in [0.2, 0.25) is 5.91 Å². The monoisotopic (exact) mass is 398 g/mol. The zero-order valence-electron chi connectivity index (χ0n) is 17.0. The highest BCUT2D eigenvalue weighted by Crippen LogP contribution is 2.37. The number of aromatic nitrogens is 3. The Morgan fingerprint density at radius 1 is 1.10 bits per heavy atom. The van der Waals surface area contributed by atoms with Gasteiger partial charge in [0.25, 0.3) is 0 Å². The van der Waals surface area contributed by atoms with Gasteiger partial charge in [0.1, 0.15) is 11.6 Å².